The molecule has 0 saturated carbocycles. The number of aromatic hydroxyl groups is 1. The molecule has 232 valence electrons. The van der Waals surface area contributed by atoms with Crippen LogP contribution >= 0.6 is 11.8 Å². The minimum absolute atomic E-state index is 0.0275. The lowest BCUT2D eigenvalue weighted by molar-refractivity contribution is 0.0950. The molecule has 0 aliphatic rings. The third-order valence-corrected chi connectivity index (χ3v) is 9.02. The maximum Gasteiger partial charge on any atom is 0.255 e. The molecule has 0 aliphatic carbocycles. The molecule has 1 heterocycles. The Kier molecular flexibility index (Phi) is 11.4. The molecule has 1 atom stereocenters. The Hall–Kier alpha value is -4.43. The highest BCUT2D eigenvalue weighted by Gasteiger charge is 2.23. The number of rotatable bonds is 15. The van der Waals surface area contributed by atoms with Crippen LogP contribution in [0, 0.1) is 12.7 Å². The third-order valence-electron chi connectivity index (χ3n) is 8.00. The maximum absolute atomic E-state index is 13.8. The van der Waals surface area contributed by atoms with Crippen molar-refractivity contribution in [3.05, 3.63) is 143 Å². The number of carbonyl (C=O) groups is 1. The maximum atomic E-state index is 13.8. The van der Waals surface area contributed by atoms with Crippen molar-refractivity contribution >= 4 is 17.7 Å². The average molecular weight is 623 g/mol. The summed E-state index contributed by atoms with van der Waals surface area (Å²) >= 11 is 1.70. The monoisotopic (exact) mass is 622 g/mol. The van der Waals surface area contributed by atoms with Gasteiger partial charge in [0.05, 0.1) is 5.56 Å². The number of phenols is 1. The summed E-state index contributed by atoms with van der Waals surface area (Å²) in [5.74, 6) is 1.22. The van der Waals surface area contributed by atoms with E-state index >= 15 is 0 Å². The van der Waals surface area contributed by atoms with Gasteiger partial charge in [-0.2, -0.15) is 0 Å². The number of amides is 1. The first-order chi connectivity index (χ1) is 22.0. The molecule has 1 amide bonds. The van der Waals surface area contributed by atoms with Crippen molar-refractivity contribution in [2.75, 3.05) is 6.54 Å². The van der Waals surface area contributed by atoms with Gasteiger partial charge in [-0.1, -0.05) is 97.0 Å². The molecule has 1 unspecified atom stereocenters. The summed E-state index contributed by atoms with van der Waals surface area (Å²) in [6, 6.07) is 32.1. The Labute approximate surface area is 268 Å². The van der Waals surface area contributed by atoms with E-state index in [1.165, 1.54) is 34.9 Å². The van der Waals surface area contributed by atoms with E-state index in [4.69, 9.17) is 10.2 Å². The van der Waals surface area contributed by atoms with Gasteiger partial charge in [-0.3, -0.25) is 4.79 Å². The van der Waals surface area contributed by atoms with Gasteiger partial charge in [-0.25, -0.2) is 4.39 Å². The second-order valence-electron chi connectivity index (χ2n) is 11.2. The van der Waals surface area contributed by atoms with Gasteiger partial charge in [0.2, 0.25) is 0 Å². The Morgan fingerprint density at radius 3 is 2.40 bits per heavy atom. The van der Waals surface area contributed by atoms with Gasteiger partial charge in [0.15, 0.2) is 5.16 Å². The zero-order valence-corrected chi connectivity index (χ0v) is 26.3. The molecule has 4 aromatic carbocycles. The molecule has 0 saturated heterocycles. The summed E-state index contributed by atoms with van der Waals surface area (Å²) in [5.41, 5.74) is 5.09. The number of benzene rings is 4. The number of nitrogens with one attached hydrogen (secondary N) is 1. The molecule has 0 radical (unpaired) electrons. The van der Waals surface area contributed by atoms with Crippen LogP contribution in [0.1, 0.15) is 63.6 Å². The predicted octanol–water partition coefficient (Wildman–Crippen LogP) is 7.89. The lowest BCUT2D eigenvalue weighted by Crippen LogP contribution is -2.24. The first-order valence-electron chi connectivity index (χ1n) is 15.4. The van der Waals surface area contributed by atoms with Crippen molar-refractivity contribution in [2.45, 2.75) is 62.4 Å². The number of phenolic OH excluding ortho intramolecular Hbond substituents is 1. The summed E-state index contributed by atoms with van der Waals surface area (Å²) in [4.78, 5) is 12.5. The van der Waals surface area contributed by atoms with Gasteiger partial charge in [-0.15, -0.1) is 10.2 Å². The van der Waals surface area contributed by atoms with Crippen molar-refractivity contribution in [2.24, 2.45) is 0 Å². The minimum atomic E-state index is -0.285. The molecule has 1 aromatic heterocycles. The van der Waals surface area contributed by atoms with Gasteiger partial charge in [0.1, 0.15) is 17.4 Å². The number of para-hydroxylation sites is 1. The van der Waals surface area contributed by atoms with Gasteiger partial charge >= 0.3 is 0 Å². The van der Waals surface area contributed by atoms with Crippen molar-refractivity contribution in [1.29, 1.82) is 0 Å². The van der Waals surface area contributed by atoms with Crippen LogP contribution in [0.2, 0.25) is 0 Å². The molecule has 8 heteroatoms. The number of hydrogen-bond donors (Lipinski definition) is 2. The molecular formula is C37H39FN4O2S. The molecule has 45 heavy (non-hydrogen) atoms. The molecule has 6 nitrogen and oxygen atoms in total. The molecule has 0 aliphatic heterocycles. The number of hydrogen-bond acceptors (Lipinski definition) is 5. The van der Waals surface area contributed by atoms with Gasteiger partial charge in [-0.05, 0) is 79.1 Å². The van der Waals surface area contributed by atoms with E-state index < -0.39 is 0 Å². The average Bonchev–Trinajstić information content (AvgIpc) is 3.46. The van der Waals surface area contributed by atoms with Gasteiger partial charge in [0.25, 0.3) is 5.91 Å². The summed E-state index contributed by atoms with van der Waals surface area (Å²) in [7, 11) is 0. The number of halogens is 1. The fraction of sp³-hybridized carbons (Fsp3) is 0.270. The van der Waals surface area contributed by atoms with Crippen LogP contribution in [0.15, 0.2) is 108 Å². The molecule has 2 N–H and O–H groups in total. The number of aromatic nitrogens is 3. The van der Waals surface area contributed by atoms with Crippen LogP contribution in [0.3, 0.4) is 0 Å². The minimum Gasteiger partial charge on any atom is -0.507 e. The van der Waals surface area contributed by atoms with Crippen molar-refractivity contribution in [3.63, 3.8) is 0 Å². The second-order valence-corrected chi connectivity index (χ2v) is 12.2. The third kappa shape index (κ3) is 9.05. The topological polar surface area (TPSA) is 80.0 Å². The normalized spacial score (nSPS) is 11.8. The fourth-order valence-corrected chi connectivity index (χ4v) is 6.47. The first kappa shape index (κ1) is 32.0. The standard InChI is InChI=1S/C37H39FN4O2S/c1-27-11-5-6-15-31(27)26-45-37-41-40-35(42(37)24-22-28-12-3-2-4-13-28)30(25-29-18-20-32(38)21-19-29)14-9-10-23-39-36(44)33-16-7-8-17-34(33)43/h2-8,11-13,15-21,30,43H,9-10,14,22-26H2,1H3,(H,39,44). The molecule has 5 rings (SSSR count). The predicted molar refractivity (Wildman–Crippen MR) is 178 cm³/mol. The lowest BCUT2D eigenvalue weighted by Gasteiger charge is -2.19. The summed E-state index contributed by atoms with van der Waals surface area (Å²) in [6.07, 6.45) is 4.01. The number of nitrogens with zero attached hydrogens (tertiary/aromatic N) is 3. The van der Waals surface area contributed by atoms with Crippen LogP contribution in [-0.4, -0.2) is 32.3 Å². The SMILES string of the molecule is Cc1ccccc1CSc1nnc(C(CCCCNC(=O)c2ccccc2O)Cc2ccc(F)cc2)n1CCc1ccccc1. The van der Waals surface area contributed by atoms with E-state index in [1.807, 2.05) is 18.2 Å². The number of carbonyl (C=O) groups excluding carboxylic acids is 1. The molecule has 0 spiro atoms. The number of aryl methyl sites for hydroxylation is 2. The van der Waals surface area contributed by atoms with E-state index in [2.05, 4.69) is 65.3 Å². The molecular weight excluding hydrogens is 583 g/mol. The van der Waals surface area contributed by atoms with Crippen LogP contribution in [0.25, 0.3) is 0 Å². The lowest BCUT2D eigenvalue weighted by atomic mass is 9.93. The molecule has 0 fully saturated rings. The van der Waals surface area contributed by atoms with Crippen LogP contribution in [-0.2, 0) is 25.1 Å². The Balaban J connectivity index is 1.33. The second kappa shape index (κ2) is 16.0. The first-order valence-corrected chi connectivity index (χ1v) is 16.4. The smallest absolute Gasteiger partial charge is 0.255 e. The number of unbranched alkanes of at least 4 members (excludes halogenated alkanes) is 1. The molecule has 0 bridgehead atoms. The summed E-state index contributed by atoms with van der Waals surface area (Å²) < 4.78 is 16.0. The van der Waals surface area contributed by atoms with E-state index in [0.29, 0.717) is 13.0 Å². The van der Waals surface area contributed by atoms with Crippen LogP contribution < -0.4 is 5.32 Å². The summed E-state index contributed by atoms with van der Waals surface area (Å²) in [5, 5.41) is 23.3. The molecule has 5 aromatic rings. The van der Waals surface area contributed by atoms with E-state index in [0.717, 1.165) is 54.5 Å². The van der Waals surface area contributed by atoms with Crippen LogP contribution in [0.4, 0.5) is 4.39 Å². The quantitative estimate of drug-likeness (QED) is 0.0917. The van der Waals surface area contributed by atoms with Crippen LogP contribution in [0.5, 0.6) is 5.75 Å². The summed E-state index contributed by atoms with van der Waals surface area (Å²) in [6.45, 7) is 3.37. The van der Waals surface area contributed by atoms with E-state index in [9.17, 15) is 14.3 Å². The van der Waals surface area contributed by atoms with Crippen molar-refractivity contribution < 1.29 is 14.3 Å². The highest BCUT2D eigenvalue weighted by Crippen LogP contribution is 2.31. The van der Waals surface area contributed by atoms with E-state index in [-0.39, 0.29) is 29.0 Å². The van der Waals surface area contributed by atoms with Gasteiger partial charge < -0.3 is 15.0 Å². The zero-order chi connectivity index (χ0) is 31.4. The number of thioether (sulfide) groups is 1. The van der Waals surface area contributed by atoms with Crippen molar-refractivity contribution in [3.8, 4) is 5.75 Å². The highest BCUT2D eigenvalue weighted by atomic mass is 32.2. The largest absolute Gasteiger partial charge is 0.507 e. The zero-order valence-electron chi connectivity index (χ0n) is 25.5. The fourth-order valence-electron chi connectivity index (χ4n) is 5.42. The Morgan fingerprint density at radius 2 is 1.62 bits per heavy atom. The Bertz CT molecular complexity index is 1670. The van der Waals surface area contributed by atoms with Crippen molar-refractivity contribution in [1.82, 2.24) is 20.1 Å². The Morgan fingerprint density at radius 1 is 0.889 bits per heavy atom. The van der Waals surface area contributed by atoms with Gasteiger partial charge in [0, 0.05) is 24.8 Å². The van der Waals surface area contributed by atoms with E-state index in [1.54, 1.807) is 30.0 Å². The highest BCUT2D eigenvalue weighted by molar-refractivity contribution is 7.98.